The average Bonchev–Trinajstić information content (AvgIpc) is 3.31. The van der Waals surface area contributed by atoms with Gasteiger partial charge in [-0.05, 0) is 83.5 Å². The van der Waals surface area contributed by atoms with Crippen molar-refractivity contribution in [3.05, 3.63) is 36.5 Å². The van der Waals surface area contributed by atoms with Gasteiger partial charge in [-0.25, -0.2) is 0 Å². The van der Waals surface area contributed by atoms with Crippen LogP contribution < -0.4 is 5.32 Å². The predicted octanol–water partition coefficient (Wildman–Crippen LogP) is 17.6. The highest BCUT2D eigenvalue weighted by atomic mass is 16.5. The second kappa shape index (κ2) is 54.7. The van der Waals surface area contributed by atoms with Crippen LogP contribution in [0.15, 0.2) is 36.5 Å². The van der Waals surface area contributed by atoms with Crippen LogP contribution in [0.5, 0.6) is 0 Å². The Morgan fingerprint density at radius 3 is 1.12 bits per heavy atom. The van der Waals surface area contributed by atoms with Gasteiger partial charge in [0.1, 0.15) is 0 Å². The zero-order chi connectivity index (χ0) is 47.2. The molecule has 6 nitrogen and oxygen atoms in total. The number of ether oxygens (including phenoxy) is 1. The molecule has 6 heteroatoms. The fourth-order valence-corrected chi connectivity index (χ4v) is 8.68. The fraction of sp³-hybridized carbons (Fsp3) is 0.864. The van der Waals surface area contributed by atoms with Crippen LogP contribution in [0, 0.1) is 0 Å². The normalized spacial score (nSPS) is 12.9. The van der Waals surface area contributed by atoms with Crippen LogP contribution in [0.3, 0.4) is 0 Å². The van der Waals surface area contributed by atoms with Gasteiger partial charge in [0.2, 0.25) is 5.91 Å². The summed E-state index contributed by atoms with van der Waals surface area (Å²) in [4.78, 5) is 24.5. The molecule has 0 rings (SSSR count). The Labute approximate surface area is 404 Å². The lowest BCUT2D eigenvalue weighted by Gasteiger charge is -2.20. The minimum atomic E-state index is -0.853. The number of hydrogen-bond acceptors (Lipinski definition) is 5. The number of esters is 1. The van der Waals surface area contributed by atoms with Crippen molar-refractivity contribution in [3.63, 3.8) is 0 Å². The number of hydrogen-bond donors (Lipinski definition) is 3. The van der Waals surface area contributed by atoms with Crippen LogP contribution in [-0.2, 0) is 14.3 Å². The summed E-state index contributed by atoms with van der Waals surface area (Å²) in [6, 6.07) is -0.638. The van der Waals surface area contributed by atoms with Crippen LogP contribution >= 0.6 is 0 Å². The first kappa shape index (κ1) is 63.1. The standard InChI is InChI=1S/C59H111NO5/c1-3-5-7-9-11-13-15-17-18-19-20-22-25-28-31-35-39-43-47-51-57(62)56(55-61)60-58(63)52-48-44-40-36-32-29-26-23-21-24-27-30-34-38-42-46-50-54-65-59(64)53-49-45-41-37-33-16-14-12-10-8-6-4-2/h12,14,21,24,47,51,56-57,61-62H,3-11,13,15-20,22-23,25-46,48-50,52-55H2,1-2H3,(H,60,63)/b14-12-,24-21-,51-47+. The number of aliphatic hydroxyl groups is 2. The summed E-state index contributed by atoms with van der Waals surface area (Å²) in [6.07, 6.45) is 67.3. The minimum Gasteiger partial charge on any atom is -0.466 e. The van der Waals surface area contributed by atoms with Crippen LogP contribution in [0.25, 0.3) is 0 Å². The predicted molar refractivity (Wildman–Crippen MR) is 283 cm³/mol. The molecule has 0 aromatic rings. The molecule has 1 amide bonds. The van der Waals surface area contributed by atoms with Crippen molar-refractivity contribution in [1.29, 1.82) is 0 Å². The van der Waals surface area contributed by atoms with Gasteiger partial charge in [0.05, 0.1) is 25.4 Å². The summed E-state index contributed by atoms with van der Waals surface area (Å²) in [5.74, 6) is -0.0918. The molecule has 0 saturated carbocycles. The lowest BCUT2D eigenvalue weighted by molar-refractivity contribution is -0.143. The largest absolute Gasteiger partial charge is 0.466 e. The molecule has 3 N–H and O–H groups in total. The molecular formula is C59H111NO5. The van der Waals surface area contributed by atoms with Crippen LogP contribution in [0.2, 0.25) is 0 Å². The zero-order valence-electron chi connectivity index (χ0n) is 43.5. The molecular weight excluding hydrogens is 803 g/mol. The van der Waals surface area contributed by atoms with Gasteiger partial charge in [-0.1, -0.05) is 243 Å². The number of allylic oxidation sites excluding steroid dienone is 5. The van der Waals surface area contributed by atoms with Crippen molar-refractivity contribution in [2.24, 2.45) is 0 Å². The van der Waals surface area contributed by atoms with Gasteiger partial charge < -0.3 is 20.3 Å². The average molecular weight is 915 g/mol. The summed E-state index contributed by atoms with van der Waals surface area (Å²) < 4.78 is 5.45. The van der Waals surface area contributed by atoms with E-state index in [1.54, 1.807) is 6.08 Å². The monoisotopic (exact) mass is 914 g/mol. The number of unbranched alkanes of at least 4 members (excludes halogenated alkanes) is 38. The third-order valence-electron chi connectivity index (χ3n) is 13.1. The number of rotatable bonds is 53. The van der Waals surface area contributed by atoms with Gasteiger partial charge in [-0.2, -0.15) is 0 Å². The van der Waals surface area contributed by atoms with E-state index in [9.17, 15) is 19.8 Å². The number of amides is 1. The lowest BCUT2D eigenvalue weighted by atomic mass is 10.0. The second-order valence-corrected chi connectivity index (χ2v) is 19.6. The Morgan fingerprint density at radius 2 is 0.723 bits per heavy atom. The molecule has 0 aliphatic carbocycles. The van der Waals surface area contributed by atoms with E-state index in [0.29, 0.717) is 19.4 Å². The lowest BCUT2D eigenvalue weighted by Crippen LogP contribution is -2.45. The summed E-state index contributed by atoms with van der Waals surface area (Å²) in [5.41, 5.74) is 0. The van der Waals surface area contributed by atoms with Crippen LogP contribution in [0.1, 0.15) is 303 Å². The van der Waals surface area contributed by atoms with E-state index in [-0.39, 0.29) is 18.5 Å². The summed E-state index contributed by atoms with van der Waals surface area (Å²) in [5, 5.41) is 23.1. The molecule has 0 aromatic heterocycles. The zero-order valence-corrected chi connectivity index (χ0v) is 43.5. The van der Waals surface area contributed by atoms with Gasteiger partial charge in [0.15, 0.2) is 0 Å². The van der Waals surface area contributed by atoms with Crippen LogP contribution in [-0.4, -0.2) is 47.4 Å². The highest BCUT2D eigenvalue weighted by Gasteiger charge is 2.18. The van der Waals surface area contributed by atoms with Crippen molar-refractivity contribution in [2.45, 2.75) is 315 Å². The fourth-order valence-electron chi connectivity index (χ4n) is 8.68. The molecule has 2 unspecified atom stereocenters. The first-order chi connectivity index (χ1) is 32.0. The van der Waals surface area contributed by atoms with E-state index in [4.69, 9.17) is 4.74 Å². The maximum Gasteiger partial charge on any atom is 0.305 e. The molecule has 0 bridgehead atoms. The summed E-state index contributed by atoms with van der Waals surface area (Å²) in [6.45, 7) is 4.86. The van der Waals surface area contributed by atoms with Crippen molar-refractivity contribution < 1.29 is 24.5 Å². The van der Waals surface area contributed by atoms with Crippen molar-refractivity contribution >= 4 is 11.9 Å². The molecule has 2 atom stereocenters. The van der Waals surface area contributed by atoms with E-state index in [2.05, 4.69) is 43.5 Å². The Hall–Kier alpha value is -1.92. The quantitative estimate of drug-likeness (QED) is 0.0321. The molecule has 0 spiro atoms. The van der Waals surface area contributed by atoms with E-state index < -0.39 is 12.1 Å². The first-order valence-corrected chi connectivity index (χ1v) is 28.8. The number of aliphatic hydroxyl groups excluding tert-OH is 2. The van der Waals surface area contributed by atoms with Crippen molar-refractivity contribution in [1.82, 2.24) is 5.32 Å². The highest BCUT2D eigenvalue weighted by Crippen LogP contribution is 2.16. The molecule has 0 heterocycles. The molecule has 0 aliphatic heterocycles. The molecule has 382 valence electrons. The smallest absolute Gasteiger partial charge is 0.305 e. The third kappa shape index (κ3) is 51.3. The molecule has 0 aromatic carbocycles. The molecule has 0 aliphatic rings. The maximum atomic E-state index is 12.5. The summed E-state index contributed by atoms with van der Waals surface area (Å²) >= 11 is 0. The van der Waals surface area contributed by atoms with E-state index in [1.165, 1.54) is 218 Å². The Kier molecular flexibility index (Phi) is 53.1. The van der Waals surface area contributed by atoms with E-state index in [1.807, 2.05) is 6.08 Å². The third-order valence-corrected chi connectivity index (χ3v) is 13.1. The Morgan fingerprint density at radius 1 is 0.415 bits per heavy atom. The van der Waals surface area contributed by atoms with E-state index in [0.717, 1.165) is 57.8 Å². The van der Waals surface area contributed by atoms with Crippen molar-refractivity contribution in [2.75, 3.05) is 13.2 Å². The van der Waals surface area contributed by atoms with Crippen LogP contribution in [0.4, 0.5) is 0 Å². The maximum absolute atomic E-state index is 12.5. The Bertz CT molecular complexity index is 1060. The van der Waals surface area contributed by atoms with Gasteiger partial charge >= 0.3 is 5.97 Å². The Balaban J connectivity index is 3.50. The van der Waals surface area contributed by atoms with Gasteiger partial charge in [-0.3, -0.25) is 9.59 Å². The number of carbonyl (C=O) groups excluding carboxylic acids is 2. The van der Waals surface area contributed by atoms with Gasteiger partial charge in [0, 0.05) is 12.8 Å². The first-order valence-electron chi connectivity index (χ1n) is 28.8. The summed E-state index contributed by atoms with van der Waals surface area (Å²) in [7, 11) is 0. The molecule has 0 radical (unpaired) electrons. The minimum absolute atomic E-state index is 0.0130. The second-order valence-electron chi connectivity index (χ2n) is 19.6. The van der Waals surface area contributed by atoms with E-state index >= 15 is 0 Å². The number of nitrogens with one attached hydrogen (secondary N) is 1. The molecule has 0 saturated heterocycles. The SMILES string of the molecule is CCCCC/C=C\CCCCCCCC(=O)OCCCCCCCC/C=C\CCCCCCCCCC(=O)NC(CO)C(O)/C=C/CCCCCCCCCCCCCCCCCCC. The molecule has 0 fully saturated rings. The van der Waals surface area contributed by atoms with Gasteiger partial charge in [0.25, 0.3) is 0 Å². The molecule has 65 heavy (non-hydrogen) atoms. The van der Waals surface area contributed by atoms with Gasteiger partial charge in [-0.15, -0.1) is 0 Å². The van der Waals surface area contributed by atoms with Crippen molar-refractivity contribution in [3.8, 4) is 0 Å². The highest BCUT2D eigenvalue weighted by molar-refractivity contribution is 5.76. The topological polar surface area (TPSA) is 95.9 Å². The number of carbonyl (C=O) groups is 2.